The lowest BCUT2D eigenvalue weighted by atomic mass is 9.65. The quantitative estimate of drug-likeness (QED) is 0.837. The summed E-state index contributed by atoms with van der Waals surface area (Å²) in [6.07, 6.45) is 8.11. The second-order valence-electron chi connectivity index (χ2n) is 7.81. The normalized spacial score (nSPS) is 29.9. The van der Waals surface area contributed by atoms with Gasteiger partial charge in [-0.05, 0) is 72.9 Å². The van der Waals surface area contributed by atoms with Crippen LogP contribution in [0.1, 0.15) is 75.3 Å². The Morgan fingerprint density at radius 1 is 1.15 bits per heavy atom. The largest absolute Gasteiger partial charge is 0.330 e. The van der Waals surface area contributed by atoms with E-state index in [-0.39, 0.29) is 0 Å². The van der Waals surface area contributed by atoms with Crippen LogP contribution in [0.3, 0.4) is 0 Å². The number of benzene rings is 1. The Bertz CT molecular complexity index is 459. The van der Waals surface area contributed by atoms with Gasteiger partial charge >= 0.3 is 0 Å². The molecule has 0 aliphatic heterocycles. The molecule has 2 aliphatic rings. The third-order valence-electron chi connectivity index (χ3n) is 5.75. The SMILES string of the molecule is CC1(C)CCC(CN)C(c2cccc(C3CCC3)c2)C1. The van der Waals surface area contributed by atoms with Crippen LogP contribution < -0.4 is 5.73 Å². The van der Waals surface area contributed by atoms with Gasteiger partial charge in [-0.3, -0.25) is 0 Å². The van der Waals surface area contributed by atoms with Gasteiger partial charge in [-0.2, -0.15) is 0 Å². The van der Waals surface area contributed by atoms with E-state index < -0.39 is 0 Å². The number of hydrogen-bond acceptors (Lipinski definition) is 1. The van der Waals surface area contributed by atoms with E-state index >= 15 is 0 Å². The predicted octanol–water partition coefficient (Wildman–Crippen LogP) is 4.82. The lowest BCUT2D eigenvalue weighted by Crippen LogP contribution is -2.32. The molecule has 2 fully saturated rings. The third kappa shape index (κ3) is 2.79. The number of rotatable bonds is 3. The molecule has 20 heavy (non-hydrogen) atoms. The van der Waals surface area contributed by atoms with Crippen LogP contribution in [0.15, 0.2) is 24.3 Å². The van der Waals surface area contributed by atoms with Gasteiger partial charge in [0.25, 0.3) is 0 Å². The first-order chi connectivity index (χ1) is 9.59. The fourth-order valence-corrected chi connectivity index (χ4v) is 4.10. The van der Waals surface area contributed by atoms with Gasteiger partial charge in [0.05, 0.1) is 0 Å². The highest BCUT2D eigenvalue weighted by Gasteiger charge is 2.35. The van der Waals surface area contributed by atoms with E-state index in [1.54, 1.807) is 11.1 Å². The molecule has 1 heteroatoms. The Hall–Kier alpha value is -0.820. The zero-order chi connectivity index (χ0) is 14.2. The van der Waals surface area contributed by atoms with Crippen LogP contribution in [-0.4, -0.2) is 6.54 Å². The Balaban J connectivity index is 1.85. The summed E-state index contributed by atoms with van der Waals surface area (Å²) in [4.78, 5) is 0. The van der Waals surface area contributed by atoms with E-state index in [4.69, 9.17) is 5.73 Å². The maximum atomic E-state index is 6.05. The third-order valence-corrected chi connectivity index (χ3v) is 5.75. The van der Waals surface area contributed by atoms with E-state index in [1.165, 1.54) is 38.5 Å². The first kappa shape index (κ1) is 14.1. The van der Waals surface area contributed by atoms with Crippen molar-refractivity contribution in [3.8, 4) is 0 Å². The van der Waals surface area contributed by atoms with Crippen LogP contribution in [0.2, 0.25) is 0 Å². The van der Waals surface area contributed by atoms with Gasteiger partial charge in [0.15, 0.2) is 0 Å². The summed E-state index contributed by atoms with van der Waals surface area (Å²) in [7, 11) is 0. The highest BCUT2D eigenvalue weighted by atomic mass is 14.6. The van der Waals surface area contributed by atoms with Crippen molar-refractivity contribution in [1.82, 2.24) is 0 Å². The van der Waals surface area contributed by atoms with Crippen molar-refractivity contribution < 1.29 is 0 Å². The number of hydrogen-bond donors (Lipinski definition) is 1. The van der Waals surface area contributed by atoms with Gasteiger partial charge in [-0.25, -0.2) is 0 Å². The molecule has 0 aromatic heterocycles. The fourth-order valence-electron chi connectivity index (χ4n) is 4.10. The molecule has 0 amide bonds. The Labute approximate surface area is 124 Å². The molecule has 0 spiro atoms. The van der Waals surface area contributed by atoms with Crippen molar-refractivity contribution in [1.29, 1.82) is 0 Å². The molecular formula is C19H29N. The molecular weight excluding hydrogens is 242 g/mol. The molecule has 2 N–H and O–H groups in total. The fraction of sp³-hybridized carbons (Fsp3) is 0.684. The highest BCUT2D eigenvalue weighted by molar-refractivity contribution is 5.31. The molecule has 2 aliphatic carbocycles. The standard InChI is InChI=1S/C19H29N/c1-19(2)10-9-17(13-20)18(12-19)16-8-4-7-15(11-16)14-5-3-6-14/h4,7-8,11,14,17-18H,3,5-6,9-10,12-13,20H2,1-2H3. The average molecular weight is 271 g/mol. The Morgan fingerprint density at radius 2 is 1.90 bits per heavy atom. The minimum Gasteiger partial charge on any atom is -0.330 e. The maximum Gasteiger partial charge on any atom is -0.00430 e. The highest BCUT2D eigenvalue weighted by Crippen LogP contribution is 2.47. The summed E-state index contributed by atoms with van der Waals surface area (Å²) in [5, 5.41) is 0. The van der Waals surface area contributed by atoms with E-state index in [9.17, 15) is 0 Å². The molecule has 1 nitrogen and oxygen atoms in total. The predicted molar refractivity (Wildman–Crippen MR) is 86.0 cm³/mol. The minimum absolute atomic E-state index is 0.475. The van der Waals surface area contributed by atoms with Gasteiger partial charge in [-0.15, -0.1) is 0 Å². The molecule has 0 saturated heterocycles. The molecule has 0 radical (unpaired) electrons. The van der Waals surface area contributed by atoms with Gasteiger partial charge in [0.1, 0.15) is 0 Å². The van der Waals surface area contributed by atoms with Crippen molar-refractivity contribution in [2.75, 3.05) is 6.54 Å². The van der Waals surface area contributed by atoms with Crippen LogP contribution in [0, 0.1) is 11.3 Å². The summed E-state index contributed by atoms with van der Waals surface area (Å²) < 4.78 is 0. The van der Waals surface area contributed by atoms with Crippen molar-refractivity contribution >= 4 is 0 Å². The van der Waals surface area contributed by atoms with Crippen molar-refractivity contribution in [3.05, 3.63) is 35.4 Å². The summed E-state index contributed by atoms with van der Waals surface area (Å²) in [6.45, 7) is 5.68. The lowest BCUT2D eigenvalue weighted by molar-refractivity contribution is 0.165. The first-order valence-corrected chi connectivity index (χ1v) is 8.39. The van der Waals surface area contributed by atoms with Gasteiger partial charge < -0.3 is 5.73 Å². The smallest absolute Gasteiger partial charge is 0.00430 e. The molecule has 1 aromatic carbocycles. The van der Waals surface area contributed by atoms with Crippen molar-refractivity contribution in [3.63, 3.8) is 0 Å². The van der Waals surface area contributed by atoms with Crippen LogP contribution in [0.4, 0.5) is 0 Å². The van der Waals surface area contributed by atoms with E-state index in [0.717, 1.165) is 12.5 Å². The summed E-state index contributed by atoms with van der Waals surface area (Å²) in [5.41, 5.74) is 9.66. The first-order valence-electron chi connectivity index (χ1n) is 8.39. The monoisotopic (exact) mass is 271 g/mol. The zero-order valence-electron chi connectivity index (χ0n) is 13.1. The lowest BCUT2D eigenvalue weighted by Gasteiger charge is -2.41. The second-order valence-corrected chi connectivity index (χ2v) is 7.81. The number of nitrogens with two attached hydrogens (primary N) is 1. The van der Waals surface area contributed by atoms with Crippen LogP contribution >= 0.6 is 0 Å². The Kier molecular flexibility index (Phi) is 3.90. The summed E-state index contributed by atoms with van der Waals surface area (Å²) >= 11 is 0. The van der Waals surface area contributed by atoms with Gasteiger partial charge in [-0.1, -0.05) is 44.5 Å². The van der Waals surface area contributed by atoms with Crippen LogP contribution in [0.5, 0.6) is 0 Å². The second kappa shape index (κ2) is 5.52. The molecule has 2 atom stereocenters. The van der Waals surface area contributed by atoms with E-state index in [1.807, 2.05) is 0 Å². The molecule has 110 valence electrons. The average Bonchev–Trinajstić information content (AvgIpc) is 2.36. The maximum absolute atomic E-state index is 6.05. The van der Waals surface area contributed by atoms with Crippen LogP contribution in [-0.2, 0) is 0 Å². The topological polar surface area (TPSA) is 26.0 Å². The molecule has 2 saturated carbocycles. The van der Waals surface area contributed by atoms with Gasteiger partial charge in [0, 0.05) is 0 Å². The molecule has 0 heterocycles. The Morgan fingerprint density at radius 3 is 2.55 bits per heavy atom. The van der Waals surface area contributed by atoms with Crippen molar-refractivity contribution in [2.24, 2.45) is 17.1 Å². The molecule has 1 aromatic rings. The minimum atomic E-state index is 0.475. The zero-order valence-corrected chi connectivity index (χ0v) is 13.1. The molecule has 2 unspecified atom stereocenters. The van der Waals surface area contributed by atoms with E-state index in [2.05, 4.69) is 38.1 Å². The molecule has 0 bridgehead atoms. The van der Waals surface area contributed by atoms with Crippen LogP contribution in [0.25, 0.3) is 0 Å². The van der Waals surface area contributed by atoms with E-state index in [0.29, 0.717) is 17.3 Å². The van der Waals surface area contributed by atoms with Crippen molar-refractivity contribution in [2.45, 2.75) is 64.2 Å². The summed E-state index contributed by atoms with van der Waals surface area (Å²) in [5.74, 6) is 2.19. The molecule has 3 rings (SSSR count). The van der Waals surface area contributed by atoms with Gasteiger partial charge in [0.2, 0.25) is 0 Å². The summed E-state index contributed by atoms with van der Waals surface area (Å²) in [6, 6.07) is 9.45.